The van der Waals surface area contributed by atoms with Crippen molar-refractivity contribution in [2.24, 2.45) is 0 Å². The number of hydrogen-bond acceptors (Lipinski definition) is 2. The monoisotopic (exact) mass is 154 g/mol. The van der Waals surface area contributed by atoms with Gasteiger partial charge in [-0.05, 0) is 13.8 Å². The molecule has 60 valence electrons. The van der Waals surface area contributed by atoms with Crippen molar-refractivity contribution in [3.63, 3.8) is 0 Å². The lowest BCUT2D eigenvalue weighted by atomic mass is 10.3. The molecule has 0 aromatic carbocycles. The van der Waals surface area contributed by atoms with Gasteiger partial charge in [-0.1, -0.05) is 0 Å². The van der Waals surface area contributed by atoms with Gasteiger partial charge < -0.3 is 10.2 Å². The van der Waals surface area contributed by atoms with E-state index in [4.69, 9.17) is 10.2 Å². The number of nitrogens with zero attached hydrogens (tertiary/aromatic N) is 1. The van der Waals surface area contributed by atoms with Crippen LogP contribution in [0.4, 0.5) is 0 Å². The van der Waals surface area contributed by atoms with Crippen molar-refractivity contribution in [2.45, 2.75) is 19.9 Å². The van der Waals surface area contributed by atoms with Crippen LogP contribution in [0.1, 0.15) is 19.9 Å². The molecule has 3 heteroatoms. The molecule has 1 rings (SSSR count). The second kappa shape index (κ2) is 2.78. The molecular formula is C8H12NO2+. The van der Waals surface area contributed by atoms with Crippen LogP contribution >= 0.6 is 0 Å². The Hall–Kier alpha value is -1.25. The summed E-state index contributed by atoms with van der Waals surface area (Å²) in [6, 6.07) is 1.76. The predicted octanol–water partition coefficient (Wildman–Crippen LogP) is 0.966. The van der Waals surface area contributed by atoms with Crippen LogP contribution in [0.25, 0.3) is 0 Å². The van der Waals surface area contributed by atoms with Gasteiger partial charge in [-0.3, -0.25) is 0 Å². The normalized spacial score (nSPS) is 10.5. The van der Waals surface area contributed by atoms with Gasteiger partial charge in [0.2, 0.25) is 11.9 Å². The topological polar surface area (TPSA) is 44.3 Å². The van der Waals surface area contributed by atoms with E-state index in [-0.39, 0.29) is 11.5 Å². The van der Waals surface area contributed by atoms with Gasteiger partial charge in [0.15, 0.2) is 18.0 Å². The third-order valence-corrected chi connectivity index (χ3v) is 1.53. The van der Waals surface area contributed by atoms with E-state index in [0.29, 0.717) is 6.04 Å². The van der Waals surface area contributed by atoms with Gasteiger partial charge in [0, 0.05) is 6.07 Å². The zero-order valence-electron chi connectivity index (χ0n) is 6.65. The van der Waals surface area contributed by atoms with Gasteiger partial charge in [0.05, 0.1) is 0 Å². The van der Waals surface area contributed by atoms with Crippen LogP contribution in [0.2, 0.25) is 0 Å². The van der Waals surface area contributed by atoms with Crippen LogP contribution < -0.4 is 4.57 Å². The quantitative estimate of drug-likeness (QED) is 0.592. The maximum Gasteiger partial charge on any atom is 0.223 e. The van der Waals surface area contributed by atoms with Crippen LogP contribution in [0.5, 0.6) is 11.5 Å². The van der Waals surface area contributed by atoms with Crippen molar-refractivity contribution in [1.29, 1.82) is 0 Å². The molecule has 0 saturated heterocycles. The lowest BCUT2D eigenvalue weighted by molar-refractivity contribution is -0.716. The Morgan fingerprint density at radius 1 is 1.27 bits per heavy atom. The summed E-state index contributed by atoms with van der Waals surface area (Å²) in [6.45, 7) is 3.99. The standard InChI is InChI=1S/C8H11NO2/c1-6(2)9-4-3-7(10)8(11)5-9/h3-6,11H,1-2H3/p+1. The lowest BCUT2D eigenvalue weighted by Crippen LogP contribution is -2.34. The molecule has 3 nitrogen and oxygen atoms in total. The van der Waals surface area contributed by atoms with Crippen molar-refractivity contribution < 1.29 is 14.8 Å². The fraction of sp³-hybridized carbons (Fsp3) is 0.375. The Morgan fingerprint density at radius 3 is 2.36 bits per heavy atom. The minimum atomic E-state index is -0.0822. The Kier molecular flexibility index (Phi) is 1.98. The van der Waals surface area contributed by atoms with E-state index in [0.717, 1.165) is 0 Å². The molecule has 0 fully saturated rings. The molecule has 11 heavy (non-hydrogen) atoms. The van der Waals surface area contributed by atoms with Crippen molar-refractivity contribution in [1.82, 2.24) is 0 Å². The SMILES string of the molecule is CC(C)[n+]1ccc(O)c(O)c1. The van der Waals surface area contributed by atoms with Crippen molar-refractivity contribution in [3.8, 4) is 11.5 Å². The molecule has 0 unspecified atom stereocenters. The van der Waals surface area contributed by atoms with E-state index in [9.17, 15) is 0 Å². The highest BCUT2D eigenvalue weighted by atomic mass is 16.3. The van der Waals surface area contributed by atoms with Crippen LogP contribution in [-0.4, -0.2) is 10.2 Å². The van der Waals surface area contributed by atoms with Gasteiger partial charge >= 0.3 is 0 Å². The largest absolute Gasteiger partial charge is 0.504 e. The van der Waals surface area contributed by atoms with Gasteiger partial charge in [-0.2, -0.15) is 4.57 Å². The number of hydrogen-bond donors (Lipinski definition) is 2. The van der Waals surface area contributed by atoms with E-state index < -0.39 is 0 Å². The fourth-order valence-electron chi connectivity index (χ4n) is 0.814. The van der Waals surface area contributed by atoms with Gasteiger partial charge in [0.1, 0.15) is 0 Å². The molecule has 2 N–H and O–H groups in total. The fourth-order valence-corrected chi connectivity index (χ4v) is 0.814. The van der Waals surface area contributed by atoms with Crippen LogP contribution in [0, 0.1) is 0 Å². The van der Waals surface area contributed by atoms with Crippen LogP contribution in [0.15, 0.2) is 18.5 Å². The molecule has 0 amide bonds. The smallest absolute Gasteiger partial charge is 0.223 e. The molecule has 0 bridgehead atoms. The van der Waals surface area contributed by atoms with E-state index in [2.05, 4.69) is 0 Å². The second-order valence-electron chi connectivity index (χ2n) is 2.76. The zero-order chi connectivity index (χ0) is 8.43. The third kappa shape index (κ3) is 1.61. The molecular weight excluding hydrogens is 142 g/mol. The zero-order valence-corrected chi connectivity index (χ0v) is 6.65. The Morgan fingerprint density at radius 2 is 1.91 bits per heavy atom. The second-order valence-corrected chi connectivity index (χ2v) is 2.76. The summed E-state index contributed by atoms with van der Waals surface area (Å²) >= 11 is 0. The minimum Gasteiger partial charge on any atom is -0.504 e. The highest BCUT2D eigenvalue weighted by Gasteiger charge is 2.09. The Labute approximate surface area is 65.5 Å². The summed E-state index contributed by atoms with van der Waals surface area (Å²) in [6.07, 6.45) is 3.22. The highest BCUT2D eigenvalue weighted by molar-refractivity contribution is 5.31. The number of aromatic hydroxyl groups is 2. The molecule has 0 aliphatic carbocycles. The van der Waals surface area contributed by atoms with Gasteiger partial charge in [-0.15, -0.1) is 0 Å². The summed E-state index contributed by atoms with van der Waals surface area (Å²) in [7, 11) is 0. The maximum absolute atomic E-state index is 9.08. The first-order valence-corrected chi connectivity index (χ1v) is 3.54. The van der Waals surface area contributed by atoms with Crippen molar-refractivity contribution in [3.05, 3.63) is 18.5 Å². The summed E-state index contributed by atoms with van der Waals surface area (Å²) in [5.74, 6) is -0.164. The summed E-state index contributed by atoms with van der Waals surface area (Å²) < 4.78 is 1.81. The number of rotatable bonds is 1. The summed E-state index contributed by atoms with van der Waals surface area (Å²) in [4.78, 5) is 0. The molecule has 0 atom stereocenters. The summed E-state index contributed by atoms with van der Waals surface area (Å²) in [5.41, 5.74) is 0. The Balaban J connectivity index is 3.05. The Bertz CT molecular complexity index is 258. The average Bonchev–Trinajstić information content (AvgIpc) is 1.94. The average molecular weight is 154 g/mol. The third-order valence-electron chi connectivity index (χ3n) is 1.53. The first-order chi connectivity index (χ1) is 5.11. The van der Waals surface area contributed by atoms with Crippen LogP contribution in [-0.2, 0) is 0 Å². The molecule has 1 heterocycles. The summed E-state index contributed by atoms with van der Waals surface area (Å²) in [5, 5.41) is 18.0. The maximum atomic E-state index is 9.08. The first kappa shape index (κ1) is 7.85. The van der Waals surface area contributed by atoms with Crippen LogP contribution in [0.3, 0.4) is 0 Å². The van der Waals surface area contributed by atoms with Gasteiger partial charge in [-0.25, -0.2) is 0 Å². The highest BCUT2D eigenvalue weighted by Crippen LogP contribution is 2.20. The minimum absolute atomic E-state index is 0.0816. The van der Waals surface area contributed by atoms with E-state index >= 15 is 0 Å². The number of pyridine rings is 1. The first-order valence-electron chi connectivity index (χ1n) is 3.54. The number of aromatic nitrogens is 1. The molecule has 0 radical (unpaired) electrons. The molecule has 0 spiro atoms. The molecule has 0 saturated carbocycles. The molecule has 0 aliphatic rings. The predicted molar refractivity (Wildman–Crippen MR) is 40.4 cm³/mol. The molecule has 1 aromatic heterocycles. The van der Waals surface area contributed by atoms with Gasteiger partial charge in [0.25, 0.3) is 0 Å². The molecule has 0 aliphatic heterocycles. The van der Waals surface area contributed by atoms with E-state index in [1.807, 2.05) is 18.4 Å². The lowest BCUT2D eigenvalue weighted by Gasteiger charge is -2.00. The van der Waals surface area contributed by atoms with Crippen molar-refractivity contribution in [2.75, 3.05) is 0 Å². The van der Waals surface area contributed by atoms with E-state index in [1.165, 1.54) is 12.3 Å². The van der Waals surface area contributed by atoms with Crippen molar-refractivity contribution >= 4 is 0 Å². The van der Waals surface area contributed by atoms with E-state index in [1.54, 1.807) is 6.20 Å². The molecule has 1 aromatic rings.